The van der Waals surface area contributed by atoms with Crippen molar-refractivity contribution in [3.63, 3.8) is 0 Å². The highest BCUT2D eigenvalue weighted by molar-refractivity contribution is 7.17. The van der Waals surface area contributed by atoms with Crippen molar-refractivity contribution in [1.29, 1.82) is 0 Å². The fraction of sp³-hybridized carbons (Fsp3) is 0.450. The number of fused-ring (bicyclic) bond motifs is 3. The first kappa shape index (κ1) is 15.9. The summed E-state index contributed by atoms with van der Waals surface area (Å²) >= 11 is 1.59. The predicted molar refractivity (Wildman–Crippen MR) is 99.5 cm³/mol. The number of nitrogens with one attached hydrogen (secondary N) is 1. The van der Waals surface area contributed by atoms with E-state index in [4.69, 9.17) is 0 Å². The van der Waals surface area contributed by atoms with Crippen LogP contribution in [-0.2, 0) is 0 Å². The van der Waals surface area contributed by atoms with E-state index in [1.165, 1.54) is 35.4 Å². The zero-order valence-corrected chi connectivity index (χ0v) is 15.1. The van der Waals surface area contributed by atoms with E-state index in [1.807, 2.05) is 6.07 Å². The van der Waals surface area contributed by atoms with Crippen molar-refractivity contribution in [2.75, 3.05) is 13.1 Å². The molecule has 3 aliphatic heterocycles. The van der Waals surface area contributed by atoms with Crippen molar-refractivity contribution in [3.05, 3.63) is 46.8 Å². The average molecular weight is 340 g/mol. The van der Waals surface area contributed by atoms with E-state index in [9.17, 15) is 4.79 Å². The molecule has 0 saturated carbocycles. The highest BCUT2D eigenvalue weighted by Crippen LogP contribution is 2.33. The van der Waals surface area contributed by atoms with Crippen LogP contribution in [-0.4, -0.2) is 36.0 Å². The Morgan fingerprint density at radius 1 is 1.25 bits per heavy atom. The van der Waals surface area contributed by atoms with Gasteiger partial charge >= 0.3 is 0 Å². The molecule has 2 bridgehead atoms. The maximum atomic E-state index is 12.7. The summed E-state index contributed by atoms with van der Waals surface area (Å²) < 4.78 is 0. The van der Waals surface area contributed by atoms with E-state index < -0.39 is 0 Å². The molecule has 3 nitrogen and oxygen atoms in total. The van der Waals surface area contributed by atoms with Gasteiger partial charge in [0.15, 0.2) is 0 Å². The lowest BCUT2D eigenvalue weighted by Gasteiger charge is -2.48. The number of piperidine rings is 3. The van der Waals surface area contributed by atoms with Gasteiger partial charge in [-0.15, -0.1) is 11.3 Å². The van der Waals surface area contributed by atoms with E-state index in [2.05, 4.69) is 54.4 Å². The number of aryl methyl sites for hydroxylation is 1. The molecule has 3 saturated heterocycles. The number of benzene rings is 1. The van der Waals surface area contributed by atoms with Crippen molar-refractivity contribution in [2.45, 2.75) is 38.8 Å². The van der Waals surface area contributed by atoms with Crippen LogP contribution in [0.15, 0.2) is 36.4 Å². The van der Waals surface area contributed by atoms with Gasteiger partial charge in [-0.3, -0.25) is 9.69 Å². The molecule has 4 heteroatoms. The summed E-state index contributed by atoms with van der Waals surface area (Å²) in [5.41, 5.74) is 2.47. The predicted octanol–water partition coefficient (Wildman–Crippen LogP) is 3.94. The van der Waals surface area contributed by atoms with Gasteiger partial charge in [0, 0.05) is 23.5 Å². The maximum Gasteiger partial charge on any atom is 0.261 e. The lowest BCUT2D eigenvalue weighted by atomic mass is 9.80. The fourth-order valence-electron chi connectivity index (χ4n) is 4.15. The van der Waals surface area contributed by atoms with Crippen LogP contribution < -0.4 is 5.32 Å². The lowest BCUT2D eigenvalue weighted by Crippen LogP contribution is -2.60. The standard InChI is InChI=1S/C20H24N2OS/c1-13-5-3-4-6-16(13)18-7-8-19(24-18)20(23)21-17-12-22-10-9-15(17)11-14(22)2/h3-8,14-15,17H,9-12H2,1-2H3,(H,21,23)/t14?,15?,17-/m0/s1. The topological polar surface area (TPSA) is 32.3 Å². The molecular formula is C20H24N2OS. The van der Waals surface area contributed by atoms with Gasteiger partial charge in [0.1, 0.15) is 0 Å². The molecule has 126 valence electrons. The van der Waals surface area contributed by atoms with E-state index >= 15 is 0 Å². The molecule has 1 amide bonds. The molecule has 1 aromatic heterocycles. The second-order valence-electron chi connectivity index (χ2n) is 7.19. The molecule has 1 N–H and O–H groups in total. The van der Waals surface area contributed by atoms with Crippen molar-refractivity contribution < 1.29 is 4.79 Å². The summed E-state index contributed by atoms with van der Waals surface area (Å²) in [6.45, 7) is 6.61. The minimum Gasteiger partial charge on any atom is -0.347 e. The summed E-state index contributed by atoms with van der Waals surface area (Å²) in [7, 11) is 0. The van der Waals surface area contributed by atoms with Gasteiger partial charge in [0.2, 0.25) is 0 Å². The van der Waals surface area contributed by atoms with Crippen LogP contribution in [0, 0.1) is 12.8 Å². The Hall–Kier alpha value is -1.65. The molecule has 3 unspecified atom stereocenters. The highest BCUT2D eigenvalue weighted by atomic mass is 32.1. The monoisotopic (exact) mass is 340 g/mol. The van der Waals surface area contributed by atoms with Crippen molar-refractivity contribution in [2.24, 2.45) is 5.92 Å². The van der Waals surface area contributed by atoms with Crippen LogP contribution in [0.25, 0.3) is 10.4 Å². The SMILES string of the molecule is Cc1ccccc1-c1ccc(C(=O)N[C@H]2CN3CCC2CC3C)s1. The molecule has 1 aromatic carbocycles. The Balaban J connectivity index is 1.47. The maximum absolute atomic E-state index is 12.7. The van der Waals surface area contributed by atoms with E-state index in [0.717, 1.165) is 11.4 Å². The molecule has 3 aliphatic rings. The number of hydrogen-bond acceptors (Lipinski definition) is 3. The second kappa shape index (κ2) is 6.34. The molecule has 2 aromatic rings. The number of rotatable bonds is 3. The van der Waals surface area contributed by atoms with Crippen LogP contribution in [0.5, 0.6) is 0 Å². The van der Waals surface area contributed by atoms with E-state index in [1.54, 1.807) is 11.3 Å². The number of amides is 1. The van der Waals surface area contributed by atoms with Gasteiger partial charge in [-0.25, -0.2) is 0 Å². The van der Waals surface area contributed by atoms with E-state index in [0.29, 0.717) is 18.0 Å². The fourth-order valence-corrected chi connectivity index (χ4v) is 5.15. The van der Waals surface area contributed by atoms with Crippen molar-refractivity contribution in [3.8, 4) is 10.4 Å². The average Bonchev–Trinajstić information content (AvgIpc) is 3.06. The first-order valence-electron chi connectivity index (χ1n) is 8.82. The zero-order chi connectivity index (χ0) is 16.7. The quantitative estimate of drug-likeness (QED) is 0.918. The Labute approximate surface area is 147 Å². The third kappa shape index (κ3) is 2.89. The van der Waals surface area contributed by atoms with Crippen LogP contribution >= 0.6 is 11.3 Å². The van der Waals surface area contributed by atoms with Crippen LogP contribution in [0.1, 0.15) is 35.0 Å². The van der Waals surface area contributed by atoms with Gasteiger partial charge in [-0.2, -0.15) is 0 Å². The third-order valence-electron chi connectivity index (χ3n) is 5.61. The first-order valence-corrected chi connectivity index (χ1v) is 9.64. The minimum atomic E-state index is 0.0891. The number of hydrogen-bond donors (Lipinski definition) is 1. The normalized spacial score (nSPS) is 28.8. The van der Waals surface area contributed by atoms with Crippen molar-refractivity contribution >= 4 is 17.2 Å². The summed E-state index contributed by atoms with van der Waals surface area (Å²) in [5, 5.41) is 3.30. The van der Waals surface area contributed by atoms with Crippen LogP contribution in [0.3, 0.4) is 0 Å². The summed E-state index contributed by atoms with van der Waals surface area (Å²) in [6.07, 6.45) is 2.43. The Morgan fingerprint density at radius 3 is 2.79 bits per heavy atom. The molecule has 0 radical (unpaired) electrons. The number of nitrogens with zero attached hydrogens (tertiary/aromatic N) is 1. The number of carbonyl (C=O) groups is 1. The Bertz CT molecular complexity index is 754. The Kier molecular flexibility index (Phi) is 4.19. The molecule has 0 spiro atoms. The second-order valence-corrected chi connectivity index (χ2v) is 8.27. The van der Waals surface area contributed by atoms with Gasteiger partial charge in [0.05, 0.1) is 4.88 Å². The highest BCUT2D eigenvalue weighted by Gasteiger charge is 2.38. The van der Waals surface area contributed by atoms with E-state index in [-0.39, 0.29) is 5.91 Å². The molecular weight excluding hydrogens is 316 g/mol. The number of thiophene rings is 1. The molecule has 4 heterocycles. The van der Waals surface area contributed by atoms with Crippen LogP contribution in [0.4, 0.5) is 0 Å². The van der Waals surface area contributed by atoms with Gasteiger partial charge in [-0.1, -0.05) is 24.3 Å². The van der Waals surface area contributed by atoms with Gasteiger partial charge in [-0.05, 0) is 62.4 Å². The molecule has 0 aliphatic carbocycles. The first-order chi connectivity index (χ1) is 11.6. The van der Waals surface area contributed by atoms with Crippen LogP contribution in [0.2, 0.25) is 0 Å². The molecule has 24 heavy (non-hydrogen) atoms. The Morgan fingerprint density at radius 2 is 2.08 bits per heavy atom. The van der Waals surface area contributed by atoms with Crippen molar-refractivity contribution in [1.82, 2.24) is 10.2 Å². The summed E-state index contributed by atoms with van der Waals surface area (Å²) in [4.78, 5) is 17.2. The zero-order valence-electron chi connectivity index (χ0n) is 14.3. The molecule has 5 rings (SSSR count). The third-order valence-corrected chi connectivity index (χ3v) is 6.73. The molecule has 4 atom stereocenters. The number of carbonyl (C=O) groups excluding carboxylic acids is 1. The summed E-state index contributed by atoms with van der Waals surface area (Å²) in [5.74, 6) is 0.732. The minimum absolute atomic E-state index is 0.0891. The lowest BCUT2D eigenvalue weighted by molar-refractivity contribution is 0.0275. The summed E-state index contributed by atoms with van der Waals surface area (Å²) in [6, 6.07) is 13.4. The molecule has 3 fully saturated rings. The van der Waals surface area contributed by atoms with Gasteiger partial charge < -0.3 is 5.32 Å². The largest absolute Gasteiger partial charge is 0.347 e. The smallest absolute Gasteiger partial charge is 0.261 e. The van der Waals surface area contributed by atoms with Gasteiger partial charge in [0.25, 0.3) is 5.91 Å².